The van der Waals surface area contributed by atoms with Crippen molar-refractivity contribution in [2.24, 2.45) is 10.9 Å². The molecule has 1 saturated heterocycles. The second-order valence-electron chi connectivity index (χ2n) is 10.3. The summed E-state index contributed by atoms with van der Waals surface area (Å²) in [6, 6.07) is 9.45. The number of alkyl halides is 1. The number of rotatable bonds is 12. The van der Waals surface area contributed by atoms with Gasteiger partial charge in [-0.25, -0.2) is 13.6 Å². The SMILES string of the molecule is C=C(Nc1ccc(NC(=O)NCCC(C)(C)F)cc1)c1c(F)cc(OCC2CCOC2)cc1N=CC.CCCC. The number of hydrogen-bond donors (Lipinski definition) is 3. The topological polar surface area (TPSA) is 84.0 Å². The number of anilines is 2. The summed E-state index contributed by atoms with van der Waals surface area (Å²) >= 11 is 0. The molecule has 1 atom stereocenters. The molecule has 1 aliphatic rings. The fraction of sp³-hybridized carbons (Fsp3) is 0.484. The molecule has 0 radical (unpaired) electrons. The van der Waals surface area contributed by atoms with E-state index in [1.807, 2.05) is 0 Å². The highest BCUT2D eigenvalue weighted by atomic mass is 19.1. The minimum absolute atomic E-state index is 0.217. The monoisotopic (exact) mass is 558 g/mol. The summed E-state index contributed by atoms with van der Waals surface area (Å²) in [7, 11) is 0. The lowest BCUT2D eigenvalue weighted by molar-refractivity contribution is 0.167. The summed E-state index contributed by atoms with van der Waals surface area (Å²) in [6.07, 6.45) is 5.37. The molecule has 7 nitrogen and oxygen atoms in total. The van der Waals surface area contributed by atoms with Gasteiger partial charge >= 0.3 is 6.03 Å². The summed E-state index contributed by atoms with van der Waals surface area (Å²) in [5.41, 5.74) is 0.831. The van der Waals surface area contributed by atoms with Crippen LogP contribution >= 0.6 is 0 Å². The average molecular weight is 559 g/mol. The molecule has 3 rings (SSSR count). The number of nitrogens with one attached hydrogen (secondary N) is 3. The van der Waals surface area contributed by atoms with Crippen molar-refractivity contribution >= 4 is 35.0 Å². The van der Waals surface area contributed by atoms with Crippen LogP contribution in [0.25, 0.3) is 5.70 Å². The van der Waals surface area contributed by atoms with Crippen LogP contribution in [0.4, 0.5) is 30.6 Å². The standard InChI is InChI=1S/C27H34F2N4O3.C4H10/c1-5-30-24-15-22(36-17-19-10-13-35-16-19)14-23(28)25(24)18(2)32-20-6-8-21(9-7-20)33-26(34)31-12-11-27(3,4)29;1-3-4-2/h5-9,14-15,19,32H,2,10-13,16-17H2,1,3-4H3,(H2,31,33,34);3-4H2,1-2H3. The minimum Gasteiger partial charge on any atom is -0.493 e. The van der Waals surface area contributed by atoms with Crippen LogP contribution in [0.15, 0.2) is 48.0 Å². The lowest BCUT2D eigenvalue weighted by Crippen LogP contribution is -2.32. The molecule has 3 N–H and O–H groups in total. The Morgan fingerprint density at radius 2 is 1.82 bits per heavy atom. The van der Waals surface area contributed by atoms with Crippen LogP contribution in [-0.2, 0) is 4.74 Å². The summed E-state index contributed by atoms with van der Waals surface area (Å²) in [5, 5.41) is 8.40. The molecule has 1 heterocycles. The van der Waals surface area contributed by atoms with E-state index in [-0.39, 0.29) is 18.5 Å². The highest BCUT2D eigenvalue weighted by molar-refractivity contribution is 5.90. The van der Waals surface area contributed by atoms with Gasteiger partial charge in [-0.15, -0.1) is 0 Å². The van der Waals surface area contributed by atoms with Crippen molar-refractivity contribution < 1.29 is 23.0 Å². The molecule has 2 amide bonds. The van der Waals surface area contributed by atoms with Gasteiger partial charge in [-0.2, -0.15) is 0 Å². The molecule has 40 heavy (non-hydrogen) atoms. The maximum absolute atomic E-state index is 15.1. The van der Waals surface area contributed by atoms with Crippen LogP contribution in [0.2, 0.25) is 0 Å². The first-order valence-electron chi connectivity index (χ1n) is 13.9. The summed E-state index contributed by atoms with van der Waals surface area (Å²) < 4.78 is 39.8. The number of amides is 2. The second kappa shape index (κ2) is 16.6. The zero-order valence-electron chi connectivity index (χ0n) is 24.4. The van der Waals surface area contributed by atoms with Crippen molar-refractivity contribution in [3.05, 3.63) is 54.4 Å². The molecule has 1 fully saturated rings. The first-order chi connectivity index (χ1) is 19.1. The van der Waals surface area contributed by atoms with E-state index in [1.54, 1.807) is 43.5 Å². The third-order valence-corrected chi connectivity index (χ3v) is 6.07. The van der Waals surface area contributed by atoms with E-state index in [2.05, 4.69) is 41.4 Å². The van der Waals surface area contributed by atoms with Gasteiger partial charge < -0.3 is 25.4 Å². The first-order valence-corrected chi connectivity index (χ1v) is 13.9. The molecule has 0 aromatic heterocycles. The van der Waals surface area contributed by atoms with Gasteiger partial charge in [-0.1, -0.05) is 33.3 Å². The largest absolute Gasteiger partial charge is 0.493 e. The van der Waals surface area contributed by atoms with Crippen molar-refractivity contribution in [3.8, 4) is 5.75 Å². The Bertz CT molecular complexity index is 1110. The predicted molar refractivity (Wildman–Crippen MR) is 161 cm³/mol. The molecule has 1 unspecified atom stereocenters. The third-order valence-electron chi connectivity index (χ3n) is 6.07. The van der Waals surface area contributed by atoms with Crippen LogP contribution < -0.4 is 20.7 Å². The van der Waals surface area contributed by atoms with Crippen LogP contribution in [0.5, 0.6) is 5.75 Å². The number of carbonyl (C=O) groups excluding carboxylic acids is 1. The highest BCUT2D eigenvalue weighted by Crippen LogP contribution is 2.34. The Labute approximate surface area is 237 Å². The fourth-order valence-corrected chi connectivity index (χ4v) is 3.64. The zero-order valence-corrected chi connectivity index (χ0v) is 24.4. The Hall–Kier alpha value is -3.46. The normalized spacial score (nSPS) is 14.8. The van der Waals surface area contributed by atoms with Crippen molar-refractivity contribution in [3.63, 3.8) is 0 Å². The molecule has 0 aliphatic carbocycles. The van der Waals surface area contributed by atoms with E-state index < -0.39 is 17.5 Å². The summed E-state index contributed by atoms with van der Waals surface area (Å²) in [6.45, 7) is 15.1. The molecule has 220 valence electrons. The number of hydrogen-bond acceptors (Lipinski definition) is 5. The Kier molecular flexibility index (Phi) is 13.6. The lowest BCUT2D eigenvalue weighted by Gasteiger charge is -2.16. The van der Waals surface area contributed by atoms with E-state index in [1.165, 1.54) is 32.8 Å². The number of benzene rings is 2. The first kappa shape index (κ1) is 32.8. The molecule has 9 heteroatoms. The molecule has 2 aromatic carbocycles. The number of nitrogens with zero attached hydrogens (tertiary/aromatic N) is 1. The van der Waals surface area contributed by atoms with Crippen molar-refractivity contribution in [1.82, 2.24) is 5.32 Å². The average Bonchev–Trinajstić information content (AvgIpc) is 3.42. The maximum Gasteiger partial charge on any atom is 0.319 e. The summed E-state index contributed by atoms with van der Waals surface area (Å²) in [4.78, 5) is 16.3. The van der Waals surface area contributed by atoms with E-state index in [4.69, 9.17) is 9.47 Å². The van der Waals surface area contributed by atoms with E-state index in [0.717, 1.165) is 13.0 Å². The van der Waals surface area contributed by atoms with Crippen LogP contribution in [0.1, 0.15) is 65.9 Å². The smallest absolute Gasteiger partial charge is 0.319 e. The van der Waals surface area contributed by atoms with Crippen molar-refractivity contribution in [2.75, 3.05) is 37.0 Å². The number of unbranched alkanes of at least 4 members (excludes halogenated alkanes) is 1. The number of halogens is 2. The van der Waals surface area contributed by atoms with Gasteiger partial charge in [0.15, 0.2) is 0 Å². The molecule has 0 bridgehead atoms. The van der Waals surface area contributed by atoms with Gasteiger partial charge in [0.25, 0.3) is 0 Å². The fourth-order valence-electron chi connectivity index (χ4n) is 3.64. The third kappa shape index (κ3) is 11.7. The second-order valence-corrected chi connectivity index (χ2v) is 10.3. The number of ether oxygens (including phenoxy) is 2. The van der Waals surface area contributed by atoms with Gasteiger partial charge in [0.2, 0.25) is 0 Å². The summed E-state index contributed by atoms with van der Waals surface area (Å²) in [5.74, 6) is 0.202. The van der Waals surface area contributed by atoms with Gasteiger partial charge in [-0.3, -0.25) is 4.99 Å². The van der Waals surface area contributed by atoms with Crippen molar-refractivity contribution in [2.45, 2.75) is 66.0 Å². The Morgan fingerprint density at radius 3 is 2.38 bits per heavy atom. The van der Waals surface area contributed by atoms with Crippen LogP contribution in [0, 0.1) is 11.7 Å². The number of carbonyl (C=O) groups is 1. The number of aliphatic imine (C=N–C) groups is 1. The predicted octanol–water partition coefficient (Wildman–Crippen LogP) is 8.11. The molecule has 0 saturated carbocycles. The van der Waals surface area contributed by atoms with Crippen LogP contribution in [-0.4, -0.2) is 44.3 Å². The molecular weight excluding hydrogens is 514 g/mol. The van der Waals surface area contributed by atoms with Gasteiger partial charge in [0.05, 0.1) is 24.5 Å². The molecule has 2 aromatic rings. The molecule has 1 aliphatic heterocycles. The van der Waals surface area contributed by atoms with Gasteiger partial charge in [0, 0.05) is 54.5 Å². The van der Waals surface area contributed by atoms with E-state index in [9.17, 15) is 9.18 Å². The molecule has 0 spiro atoms. The minimum atomic E-state index is -1.34. The van der Waals surface area contributed by atoms with Crippen LogP contribution in [0.3, 0.4) is 0 Å². The lowest BCUT2D eigenvalue weighted by atomic mass is 10.1. The highest BCUT2D eigenvalue weighted by Gasteiger charge is 2.19. The van der Waals surface area contributed by atoms with Gasteiger partial charge in [0.1, 0.15) is 17.2 Å². The van der Waals surface area contributed by atoms with Crippen molar-refractivity contribution in [1.29, 1.82) is 0 Å². The number of urea groups is 1. The maximum atomic E-state index is 15.1. The Morgan fingerprint density at radius 1 is 1.18 bits per heavy atom. The van der Waals surface area contributed by atoms with E-state index >= 15 is 4.39 Å². The van der Waals surface area contributed by atoms with E-state index in [0.29, 0.717) is 47.6 Å². The quantitative estimate of drug-likeness (QED) is 0.230. The van der Waals surface area contributed by atoms with Gasteiger partial charge in [-0.05, 0) is 57.9 Å². The zero-order chi connectivity index (χ0) is 29.5. The molecular formula is C31H44F2N4O3. The Balaban J connectivity index is 0.00000131.